The summed E-state index contributed by atoms with van der Waals surface area (Å²) in [6.07, 6.45) is 0. The van der Waals surface area contributed by atoms with Gasteiger partial charge < -0.3 is 10.6 Å². The van der Waals surface area contributed by atoms with E-state index in [-0.39, 0.29) is 24.4 Å². The van der Waals surface area contributed by atoms with Crippen molar-refractivity contribution >= 4 is 18.3 Å². The van der Waals surface area contributed by atoms with Crippen molar-refractivity contribution < 1.29 is 4.79 Å². The molecular weight excluding hydrogens is 188 g/mol. The monoisotopic (exact) mass is 206 g/mol. The summed E-state index contributed by atoms with van der Waals surface area (Å²) in [5.74, 6) is 1.46. The Hall–Kier alpha value is -0.280. The smallest absolute Gasteiger partial charge is 0.239 e. The highest BCUT2D eigenvalue weighted by molar-refractivity contribution is 5.85. The maximum Gasteiger partial charge on any atom is 0.239 e. The summed E-state index contributed by atoms with van der Waals surface area (Å²) in [4.78, 5) is 13.1. The van der Waals surface area contributed by atoms with Crippen LogP contribution in [0.5, 0.6) is 0 Å². The molecule has 1 fully saturated rings. The van der Waals surface area contributed by atoms with E-state index < -0.39 is 0 Å². The maximum atomic E-state index is 11.3. The Balaban J connectivity index is 0.00000144. The molecule has 0 unspecified atom stereocenters. The van der Waals surface area contributed by atoms with Crippen molar-refractivity contribution in [3.63, 3.8) is 0 Å². The van der Waals surface area contributed by atoms with Crippen molar-refractivity contribution in [3.05, 3.63) is 0 Å². The zero-order valence-electron chi connectivity index (χ0n) is 8.49. The van der Waals surface area contributed by atoms with Gasteiger partial charge in [0.25, 0.3) is 0 Å². The number of likely N-dealkylation sites (tertiary alicyclic amines) is 1. The molecule has 2 N–H and O–H groups in total. The maximum absolute atomic E-state index is 11.3. The molecule has 3 nitrogen and oxygen atoms in total. The fourth-order valence-electron chi connectivity index (χ4n) is 1.40. The highest BCUT2D eigenvalue weighted by Crippen LogP contribution is 2.23. The number of rotatable bonds is 2. The number of nitrogens with zero attached hydrogens (tertiary/aromatic N) is 1. The van der Waals surface area contributed by atoms with Gasteiger partial charge in [-0.1, -0.05) is 13.8 Å². The van der Waals surface area contributed by atoms with Gasteiger partial charge in [-0.15, -0.1) is 12.4 Å². The number of carbonyl (C=O) groups is 1. The fraction of sp³-hybridized carbons (Fsp3) is 0.889. The third kappa shape index (κ3) is 2.85. The summed E-state index contributed by atoms with van der Waals surface area (Å²) in [6, 6.07) is -0.335. The van der Waals surface area contributed by atoms with Gasteiger partial charge in [0.1, 0.15) is 0 Å². The number of amides is 1. The lowest BCUT2D eigenvalue weighted by molar-refractivity contribution is -0.139. The standard InChI is InChI=1S/C9H18N2O.ClH/c1-6(2)8-4-11(5-8)9(12)7(3)10;/h6-8H,4-5,10H2,1-3H3;1H/t7-;/m1./s1. The van der Waals surface area contributed by atoms with Gasteiger partial charge in [-0.05, 0) is 18.8 Å². The number of halogens is 1. The largest absolute Gasteiger partial charge is 0.341 e. The van der Waals surface area contributed by atoms with Crippen LogP contribution in [-0.2, 0) is 4.79 Å². The lowest BCUT2D eigenvalue weighted by Crippen LogP contribution is -2.55. The zero-order chi connectivity index (χ0) is 9.30. The molecule has 1 rings (SSSR count). The molecule has 78 valence electrons. The molecule has 0 aromatic heterocycles. The number of carbonyl (C=O) groups excluding carboxylic acids is 1. The van der Waals surface area contributed by atoms with Crippen molar-refractivity contribution in [2.45, 2.75) is 26.8 Å². The minimum Gasteiger partial charge on any atom is -0.341 e. The van der Waals surface area contributed by atoms with Gasteiger partial charge in [0, 0.05) is 13.1 Å². The third-order valence-electron chi connectivity index (χ3n) is 2.55. The van der Waals surface area contributed by atoms with Crippen LogP contribution in [0.1, 0.15) is 20.8 Å². The molecule has 4 heteroatoms. The zero-order valence-corrected chi connectivity index (χ0v) is 9.30. The summed E-state index contributed by atoms with van der Waals surface area (Å²) in [6.45, 7) is 7.93. The van der Waals surface area contributed by atoms with Crippen LogP contribution in [0.2, 0.25) is 0 Å². The molecule has 0 bridgehead atoms. The first kappa shape index (κ1) is 12.7. The Labute approximate surface area is 86.1 Å². The van der Waals surface area contributed by atoms with Gasteiger partial charge in [0.15, 0.2) is 0 Å². The molecule has 1 aliphatic rings. The minimum absolute atomic E-state index is 0. The summed E-state index contributed by atoms with van der Waals surface area (Å²) in [7, 11) is 0. The van der Waals surface area contributed by atoms with Crippen LogP contribution in [0.4, 0.5) is 0 Å². The van der Waals surface area contributed by atoms with E-state index in [4.69, 9.17) is 5.73 Å². The van der Waals surface area contributed by atoms with Crippen LogP contribution in [0.15, 0.2) is 0 Å². The van der Waals surface area contributed by atoms with Crippen LogP contribution < -0.4 is 5.73 Å². The minimum atomic E-state index is -0.335. The van der Waals surface area contributed by atoms with E-state index in [1.165, 1.54) is 0 Å². The molecule has 0 saturated carbocycles. The SMILES string of the molecule is CC(C)C1CN(C(=O)[C@@H](C)N)C1.Cl. The molecule has 1 saturated heterocycles. The second-order valence-electron chi connectivity index (χ2n) is 4.04. The van der Waals surface area contributed by atoms with Gasteiger partial charge in [-0.2, -0.15) is 0 Å². The Morgan fingerprint density at radius 3 is 2.15 bits per heavy atom. The average molecular weight is 207 g/mol. The van der Waals surface area contributed by atoms with E-state index >= 15 is 0 Å². The summed E-state index contributed by atoms with van der Waals surface area (Å²) < 4.78 is 0. The molecule has 13 heavy (non-hydrogen) atoms. The van der Waals surface area contributed by atoms with E-state index in [9.17, 15) is 4.79 Å². The van der Waals surface area contributed by atoms with E-state index in [0.29, 0.717) is 11.8 Å². The first-order valence-electron chi connectivity index (χ1n) is 4.56. The van der Waals surface area contributed by atoms with Gasteiger partial charge in [-0.25, -0.2) is 0 Å². The first-order valence-corrected chi connectivity index (χ1v) is 4.56. The topological polar surface area (TPSA) is 46.3 Å². The Bertz CT molecular complexity index is 176. The van der Waals surface area contributed by atoms with Crippen molar-refractivity contribution in [3.8, 4) is 0 Å². The highest BCUT2D eigenvalue weighted by Gasteiger charge is 2.33. The molecule has 0 spiro atoms. The predicted molar refractivity (Wildman–Crippen MR) is 55.8 cm³/mol. The first-order chi connectivity index (χ1) is 5.52. The molecule has 0 aromatic carbocycles. The quantitative estimate of drug-likeness (QED) is 0.729. The molecule has 0 aliphatic carbocycles. The highest BCUT2D eigenvalue weighted by atomic mass is 35.5. The van der Waals surface area contributed by atoms with Crippen LogP contribution in [0, 0.1) is 11.8 Å². The summed E-state index contributed by atoms with van der Waals surface area (Å²) in [5, 5.41) is 0. The van der Waals surface area contributed by atoms with Crippen LogP contribution in [0.25, 0.3) is 0 Å². The van der Waals surface area contributed by atoms with Crippen molar-refractivity contribution in [1.29, 1.82) is 0 Å². The summed E-state index contributed by atoms with van der Waals surface area (Å²) in [5.41, 5.74) is 5.48. The average Bonchev–Trinajstić information content (AvgIpc) is 1.82. The van der Waals surface area contributed by atoms with Crippen LogP contribution in [-0.4, -0.2) is 29.9 Å². The lowest BCUT2D eigenvalue weighted by atomic mass is 9.88. The normalized spacial score (nSPS) is 19.3. The van der Waals surface area contributed by atoms with Gasteiger partial charge >= 0.3 is 0 Å². The lowest BCUT2D eigenvalue weighted by Gasteiger charge is -2.42. The van der Waals surface area contributed by atoms with Crippen LogP contribution in [0.3, 0.4) is 0 Å². The van der Waals surface area contributed by atoms with Crippen molar-refractivity contribution in [1.82, 2.24) is 4.90 Å². The Morgan fingerprint density at radius 1 is 1.38 bits per heavy atom. The van der Waals surface area contributed by atoms with Gasteiger partial charge in [-0.3, -0.25) is 4.79 Å². The van der Waals surface area contributed by atoms with E-state index in [0.717, 1.165) is 13.1 Å². The molecular formula is C9H19ClN2O. The molecule has 0 aromatic rings. The predicted octanol–water partition coefficient (Wildman–Crippen LogP) is 0.870. The van der Waals surface area contributed by atoms with Crippen LogP contribution >= 0.6 is 12.4 Å². The second kappa shape index (κ2) is 4.82. The number of nitrogens with two attached hydrogens (primary N) is 1. The van der Waals surface area contributed by atoms with E-state index in [2.05, 4.69) is 13.8 Å². The second-order valence-corrected chi connectivity index (χ2v) is 4.04. The summed E-state index contributed by atoms with van der Waals surface area (Å²) >= 11 is 0. The fourth-order valence-corrected chi connectivity index (χ4v) is 1.40. The van der Waals surface area contributed by atoms with Crippen molar-refractivity contribution in [2.75, 3.05) is 13.1 Å². The molecule has 1 atom stereocenters. The van der Waals surface area contributed by atoms with Gasteiger partial charge in [0.05, 0.1) is 6.04 Å². The number of hydrogen-bond acceptors (Lipinski definition) is 2. The van der Waals surface area contributed by atoms with E-state index in [1.54, 1.807) is 6.92 Å². The molecule has 1 aliphatic heterocycles. The Morgan fingerprint density at radius 2 is 1.85 bits per heavy atom. The Kier molecular flexibility index (Phi) is 4.71. The molecule has 1 heterocycles. The van der Waals surface area contributed by atoms with Gasteiger partial charge in [0.2, 0.25) is 5.91 Å². The molecule has 1 amide bonds. The molecule has 0 radical (unpaired) electrons. The number of hydrogen-bond donors (Lipinski definition) is 1. The van der Waals surface area contributed by atoms with E-state index in [1.807, 2.05) is 4.90 Å². The van der Waals surface area contributed by atoms with Crippen molar-refractivity contribution in [2.24, 2.45) is 17.6 Å². The third-order valence-corrected chi connectivity index (χ3v) is 2.55.